The Bertz CT molecular complexity index is 1060. The lowest BCUT2D eigenvalue weighted by atomic mass is 10.1. The number of nitrogens with one attached hydrogen (secondary N) is 2. The maximum Gasteiger partial charge on any atom is 0.413 e. The van der Waals surface area contributed by atoms with Gasteiger partial charge in [-0.15, -0.1) is 0 Å². The second kappa shape index (κ2) is 9.67. The summed E-state index contributed by atoms with van der Waals surface area (Å²) in [6.07, 6.45) is -0.488. The molecule has 10 heteroatoms. The van der Waals surface area contributed by atoms with Crippen LogP contribution in [0.4, 0.5) is 16.2 Å². The number of anilines is 2. The van der Waals surface area contributed by atoms with Crippen LogP contribution in [0.5, 0.6) is 0 Å². The number of carbonyl (C=O) groups is 2. The highest BCUT2D eigenvalue weighted by Crippen LogP contribution is 2.25. The summed E-state index contributed by atoms with van der Waals surface area (Å²) in [6.45, 7) is 7.10. The average molecular weight is 468 g/mol. The molecule has 2 rings (SSSR count). The van der Waals surface area contributed by atoms with E-state index >= 15 is 0 Å². The molecule has 2 aromatic rings. The van der Waals surface area contributed by atoms with E-state index in [-0.39, 0.29) is 22.1 Å². The van der Waals surface area contributed by atoms with Crippen molar-refractivity contribution in [3.05, 3.63) is 53.1 Å². The first-order chi connectivity index (χ1) is 14.3. The minimum atomic E-state index is -3.92. The Labute approximate surface area is 187 Å². The first-order valence-corrected chi connectivity index (χ1v) is 11.4. The molecule has 0 aliphatic heterocycles. The molecule has 0 saturated carbocycles. The molecule has 0 aromatic heterocycles. The third-order valence-electron chi connectivity index (χ3n) is 3.98. The van der Waals surface area contributed by atoms with E-state index in [1.165, 1.54) is 23.1 Å². The van der Waals surface area contributed by atoms with Crippen molar-refractivity contribution in [1.29, 1.82) is 0 Å². The van der Waals surface area contributed by atoms with Gasteiger partial charge in [0.15, 0.2) is 0 Å². The van der Waals surface area contributed by atoms with Gasteiger partial charge in [0.05, 0.1) is 11.6 Å². The van der Waals surface area contributed by atoms with Crippen LogP contribution in [0.15, 0.2) is 47.4 Å². The molecule has 168 valence electrons. The molecule has 0 heterocycles. The van der Waals surface area contributed by atoms with Gasteiger partial charge in [0.1, 0.15) is 4.90 Å². The highest BCUT2D eigenvalue weighted by Gasteiger charge is 2.25. The molecule has 0 aliphatic rings. The Hall–Kier alpha value is -2.62. The van der Waals surface area contributed by atoms with E-state index < -0.39 is 27.6 Å². The number of amides is 2. The van der Waals surface area contributed by atoms with Crippen molar-refractivity contribution in [3.8, 4) is 0 Å². The van der Waals surface area contributed by atoms with Crippen LogP contribution in [0.3, 0.4) is 0 Å². The van der Waals surface area contributed by atoms with Gasteiger partial charge in [-0.3, -0.25) is 9.69 Å². The first kappa shape index (κ1) is 24.6. The summed E-state index contributed by atoms with van der Waals surface area (Å²) >= 11 is 6.08. The van der Waals surface area contributed by atoms with Crippen LogP contribution in [-0.2, 0) is 14.8 Å². The number of nitrogens with zero attached hydrogens (tertiary/aromatic N) is 1. The number of carbonyl (C=O) groups excluding carboxylic acids is 2. The van der Waals surface area contributed by atoms with Crippen molar-refractivity contribution >= 4 is 45.0 Å². The maximum absolute atomic E-state index is 12.6. The predicted molar refractivity (Wildman–Crippen MR) is 121 cm³/mol. The predicted octanol–water partition coefficient (Wildman–Crippen LogP) is 4.26. The first-order valence-electron chi connectivity index (χ1n) is 9.49. The minimum absolute atomic E-state index is 0.0136. The Morgan fingerprint density at radius 3 is 2.26 bits per heavy atom. The zero-order chi connectivity index (χ0) is 23.4. The lowest BCUT2D eigenvalue weighted by Crippen LogP contribution is -2.40. The van der Waals surface area contributed by atoms with E-state index in [1.807, 2.05) is 0 Å². The molecule has 2 amide bonds. The third-order valence-corrected chi connectivity index (χ3v) is 6.22. The van der Waals surface area contributed by atoms with Crippen LogP contribution in [0, 0.1) is 0 Å². The summed E-state index contributed by atoms with van der Waals surface area (Å²) in [7, 11) is -2.34. The van der Waals surface area contributed by atoms with Crippen molar-refractivity contribution < 1.29 is 22.7 Å². The lowest BCUT2D eigenvalue weighted by Gasteiger charge is -2.21. The molecular weight excluding hydrogens is 442 g/mol. The Morgan fingerprint density at radius 1 is 1.10 bits per heavy atom. The summed E-state index contributed by atoms with van der Waals surface area (Å²) in [5.41, 5.74) is 0.480. The van der Waals surface area contributed by atoms with Gasteiger partial charge in [0, 0.05) is 29.5 Å². The van der Waals surface area contributed by atoms with Gasteiger partial charge in [0.25, 0.3) is 5.91 Å². The fraction of sp³-hybridized carbons (Fsp3) is 0.333. The fourth-order valence-electron chi connectivity index (χ4n) is 2.61. The molecule has 0 bridgehead atoms. The second-order valence-corrected chi connectivity index (χ2v) is 9.82. The number of rotatable bonds is 6. The molecule has 2 aromatic carbocycles. The minimum Gasteiger partial charge on any atom is -0.449 e. The summed E-state index contributed by atoms with van der Waals surface area (Å²) in [5, 5.41) is 2.71. The fourth-order valence-corrected chi connectivity index (χ4v) is 4.55. The number of benzene rings is 2. The summed E-state index contributed by atoms with van der Waals surface area (Å²) in [6, 6.07) is 10.6. The van der Waals surface area contributed by atoms with Gasteiger partial charge in [-0.1, -0.05) is 11.6 Å². The van der Waals surface area contributed by atoms with Crippen LogP contribution >= 0.6 is 11.6 Å². The van der Waals surface area contributed by atoms with Crippen molar-refractivity contribution in [1.82, 2.24) is 4.72 Å². The Kier molecular flexibility index (Phi) is 7.69. The van der Waals surface area contributed by atoms with Crippen LogP contribution in [0.25, 0.3) is 0 Å². The number of hydrogen-bond donors (Lipinski definition) is 2. The van der Waals surface area contributed by atoms with Crippen molar-refractivity contribution in [2.24, 2.45) is 0 Å². The van der Waals surface area contributed by atoms with E-state index in [9.17, 15) is 18.0 Å². The Balaban J connectivity index is 2.20. The molecule has 0 spiro atoms. The molecule has 0 fully saturated rings. The van der Waals surface area contributed by atoms with Gasteiger partial charge in [-0.25, -0.2) is 17.9 Å². The van der Waals surface area contributed by atoms with Crippen LogP contribution < -0.4 is 14.9 Å². The number of ether oxygens (including phenoxy) is 1. The molecule has 0 atom stereocenters. The van der Waals surface area contributed by atoms with E-state index in [1.54, 1.807) is 59.0 Å². The van der Waals surface area contributed by atoms with E-state index in [0.29, 0.717) is 11.4 Å². The summed E-state index contributed by atoms with van der Waals surface area (Å²) in [5.74, 6) is -0.504. The van der Waals surface area contributed by atoms with Crippen LogP contribution in [-0.4, -0.2) is 39.6 Å². The highest BCUT2D eigenvalue weighted by atomic mass is 35.5. The zero-order valence-corrected chi connectivity index (χ0v) is 19.6. The van der Waals surface area contributed by atoms with E-state index in [4.69, 9.17) is 16.3 Å². The molecule has 0 aliphatic carbocycles. The Morgan fingerprint density at radius 2 is 1.71 bits per heavy atom. The summed E-state index contributed by atoms with van der Waals surface area (Å²) < 4.78 is 32.7. The number of sulfonamides is 1. The average Bonchev–Trinajstić information content (AvgIpc) is 2.66. The smallest absolute Gasteiger partial charge is 0.413 e. The lowest BCUT2D eigenvalue weighted by molar-refractivity contribution is 0.102. The number of halogens is 1. The summed E-state index contributed by atoms with van der Waals surface area (Å²) in [4.78, 5) is 25.6. The molecule has 2 N–H and O–H groups in total. The van der Waals surface area contributed by atoms with E-state index in [0.717, 1.165) is 0 Å². The largest absolute Gasteiger partial charge is 0.449 e. The number of hydrogen-bond acceptors (Lipinski definition) is 5. The van der Waals surface area contributed by atoms with Crippen molar-refractivity contribution in [2.75, 3.05) is 23.9 Å². The van der Waals surface area contributed by atoms with Crippen LogP contribution in [0.2, 0.25) is 5.02 Å². The molecule has 8 nitrogen and oxygen atoms in total. The zero-order valence-electron chi connectivity index (χ0n) is 18.0. The standard InChI is InChI=1S/C21H26ClN3O5S/c1-6-30-20(27)25(5)16-10-8-15(9-11-16)23-19(26)14-7-12-17(22)18(13-14)31(28,29)24-21(2,3)4/h7-13,24H,6H2,1-5H3,(H,23,26). The molecule has 0 saturated heterocycles. The third kappa shape index (κ3) is 6.68. The van der Waals surface area contributed by atoms with Gasteiger partial charge in [0.2, 0.25) is 10.0 Å². The van der Waals surface area contributed by atoms with Crippen LogP contribution in [0.1, 0.15) is 38.1 Å². The monoisotopic (exact) mass is 467 g/mol. The highest BCUT2D eigenvalue weighted by molar-refractivity contribution is 7.89. The van der Waals surface area contributed by atoms with Gasteiger partial charge in [-0.2, -0.15) is 0 Å². The topological polar surface area (TPSA) is 105 Å². The molecule has 31 heavy (non-hydrogen) atoms. The van der Waals surface area contributed by atoms with Gasteiger partial charge < -0.3 is 10.1 Å². The van der Waals surface area contributed by atoms with Gasteiger partial charge in [-0.05, 0) is 70.2 Å². The SMILES string of the molecule is CCOC(=O)N(C)c1ccc(NC(=O)c2ccc(Cl)c(S(=O)(=O)NC(C)(C)C)c2)cc1. The van der Waals surface area contributed by atoms with E-state index in [2.05, 4.69) is 10.0 Å². The van der Waals surface area contributed by atoms with Crippen molar-refractivity contribution in [2.45, 2.75) is 38.1 Å². The quantitative estimate of drug-likeness (QED) is 0.660. The maximum atomic E-state index is 12.6. The molecule has 0 radical (unpaired) electrons. The van der Waals surface area contributed by atoms with Crippen molar-refractivity contribution in [3.63, 3.8) is 0 Å². The van der Waals surface area contributed by atoms with Gasteiger partial charge >= 0.3 is 6.09 Å². The molecule has 0 unspecified atom stereocenters. The normalized spacial score (nSPS) is 11.7. The molecular formula is C21H26ClN3O5S. The second-order valence-electron chi connectivity index (χ2n) is 7.76.